The predicted molar refractivity (Wildman–Crippen MR) is 29.5 cm³/mol. The van der Waals surface area contributed by atoms with Gasteiger partial charge in [0.05, 0.1) is 0 Å². The summed E-state index contributed by atoms with van der Waals surface area (Å²) in [4.78, 5) is 0. The SMILES string of the molecule is C[C-]=[N+]=C(Cl)Cl. The van der Waals surface area contributed by atoms with Gasteiger partial charge in [-0.15, -0.1) is 23.2 Å². The molecule has 6 heavy (non-hydrogen) atoms. The lowest BCUT2D eigenvalue weighted by atomic mass is 10.9. The normalized spacial score (nSPS) is 6.50. The summed E-state index contributed by atoms with van der Waals surface area (Å²) < 4.78 is 3.32. The van der Waals surface area contributed by atoms with Gasteiger partial charge in [-0.3, -0.25) is 4.67 Å². The molecule has 0 amide bonds. The van der Waals surface area contributed by atoms with E-state index in [1.54, 1.807) is 6.92 Å². The van der Waals surface area contributed by atoms with Crippen molar-refractivity contribution in [1.82, 2.24) is 4.67 Å². The molecule has 34 valence electrons. The van der Waals surface area contributed by atoms with Gasteiger partial charge in [0.1, 0.15) is 0 Å². The molecule has 0 aliphatic carbocycles. The van der Waals surface area contributed by atoms with E-state index in [0.717, 1.165) is 0 Å². The summed E-state index contributed by atoms with van der Waals surface area (Å²) in [7, 11) is 0. The Balaban J connectivity index is 3.73. The van der Waals surface area contributed by atoms with Crippen LogP contribution in [-0.4, -0.2) is 10.8 Å². The Hall–Kier alpha value is 0.0300. The van der Waals surface area contributed by atoms with E-state index in [9.17, 15) is 0 Å². The van der Waals surface area contributed by atoms with Crippen LogP contribution in [0.25, 0.3) is 0 Å². The van der Waals surface area contributed by atoms with Crippen LogP contribution in [0.3, 0.4) is 0 Å². The lowest BCUT2D eigenvalue weighted by Gasteiger charge is -1.59. The largest absolute Gasteiger partial charge is 0.307 e. The van der Waals surface area contributed by atoms with Gasteiger partial charge in [0.25, 0.3) is 0 Å². The van der Waals surface area contributed by atoms with Gasteiger partial charge >= 0.3 is 4.63 Å². The molecule has 1 nitrogen and oxygen atoms in total. The molecule has 0 aromatic carbocycles. The molecule has 0 atom stereocenters. The molecule has 0 saturated carbocycles. The lowest BCUT2D eigenvalue weighted by molar-refractivity contribution is 1.71. The van der Waals surface area contributed by atoms with E-state index in [1.165, 1.54) is 0 Å². The van der Waals surface area contributed by atoms with Gasteiger partial charge in [-0.1, -0.05) is 0 Å². The number of hydrogen-bond donors (Lipinski definition) is 0. The Morgan fingerprint density at radius 1 is 1.67 bits per heavy atom. The van der Waals surface area contributed by atoms with Gasteiger partial charge in [-0.05, 0) is 6.92 Å². The second-order valence-electron chi connectivity index (χ2n) is 0.576. The van der Waals surface area contributed by atoms with Crippen LogP contribution >= 0.6 is 23.2 Å². The Morgan fingerprint density at radius 2 is 2.17 bits per heavy atom. The fourth-order valence-electron chi connectivity index (χ4n) is 0.0845. The van der Waals surface area contributed by atoms with Crippen molar-refractivity contribution in [2.24, 2.45) is 0 Å². The molecule has 0 N–H and O–H groups in total. The van der Waals surface area contributed by atoms with Crippen LogP contribution in [0.5, 0.6) is 0 Å². The Bertz CT molecular complexity index is 87.0. The molecular formula is C3H3Cl2N. The van der Waals surface area contributed by atoms with Crippen molar-refractivity contribution in [1.29, 1.82) is 0 Å². The molecule has 0 heterocycles. The van der Waals surface area contributed by atoms with Crippen molar-refractivity contribution in [2.75, 3.05) is 0 Å². The molecule has 0 spiro atoms. The molecule has 0 rings (SSSR count). The summed E-state index contributed by atoms with van der Waals surface area (Å²) in [5.41, 5.74) is 0. The minimum atomic E-state index is -0.00231. The predicted octanol–water partition coefficient (Wildman–Crippen LogP) is 0.855. The third kappa shape index (κ3) is 4.03. The summed E-state index contributed by atoms with van der Waals surface area (Å²) in [5, 5.41) is 0. The molecule has 0 aliphatic heterocycles. The smallest absolute Gasteiger partial charge is 0.257 e. The van der Waals surface area contributed by atoms with E-state index in [0.29, 0.717) is 0 Å². The first kappa shape index (κ1) is 6.03. The molecule has 0 aromatic heterocycles. The van der Waals surface area contributed by atoms with Crippen molar-refractivity contribution in [2.45, 2.75) is 6.92 Å². The Labute approximate surface area is 46.3 Å². The highest BCUT2D eigenvalue weighted by atomic mass is 35.5. The van der Waals surface area contributed by atoms with E-state index in [4.69, 9.17) is 23.2 Å². The van der Waals surface area contributed by atoms with Gasteiger partial charge in [0, 0.05) is 0 Å². The lowest BCUT2D eigenvalue weighted by Crippen LogP contribution is -1.76. The van der Waals surface area contributed by atoms with Crippen molar-refractivity contribution in [3.05, 3.63) is 0 Å². The second kappa shape index (κ2) is 3.23. The van der Waals surface area contributed by atoms with Gasteiger partial charge in [0.15, 0.2) is 6.21 Å². The highest BCUT2D eigenvalue weighted by molar-refractivity contribution is 6.95. The molecule has 0 saturated heterocycles. The van der Waals surface area contributed by atoms with Crippen LogP contribution < -0.4 is 4.67 Å². The van der Waals surface area contributed by atoms with E-state index in [-0.39, 0.29) is 4.63 Å². The first-order valence-electron chi connectivity index (χ1n) is 1.33. The third-order valence-electron chi connectivity index (χ3n) is 0.196. The van der Waals surface area contributed by atoms with Gasteiger partial charge in [0.2, 0.25) is 0 Å². The monoisotopic (exact) mass is 123 g/mol. The third-order valence-corrected chi connectivity index (χ3v) is 0.365. The molecule has 0 unspecified atom stereocenters. The van der Waals surface area contributed by atoms with Gasteiger partial charge in [-0.2, -0.15) is 0 Å². The molecule has 0 radical (unpaired) electrons. The van der Waals surface area contributed by atoms with E-state index in [1.807, 2.05) is 0 Å². The van der Waals surface area contributed by atoms with E-state index in [2.05, 4.69) is 10.9 Å². The fraction of sp³-hybridized carbons (Fsp3) is 0.333. The summed E-state index contributed by atoms with van der Waals surface area (Å²) >= 11 is 10.1. The maximum Gasteiger partial charge on any atom is 0.307 e. The highest BCUT2D eigenvalue weighted by Gasteiger charge is 1.73. The Morgan fingerprint density at radius 3 is 2.17 bits per heavy atom. The molecule has 0 aromatic rings. The van der Waals surface area contributed by atoms with Crippen LogP contribution in [0.2, 0.25) is 0 Å². The summed E-state index contributed by atoms with van der Waals surface area (Å²) in [5.74, 6) is 0. The van der Waals surface area contributed by atoms with Crippen molar-refractivity contribution in [3.63, 3.8) is 0 Å². The number of rotatable bonds is 0. The molecule has 0 aliphatic rings. The summed E-state index contributed by atoms with van der Waals surface area (Å²) in [6, 6.07) is 0. The first-order chi connectivity index (χ1) is 2.77. The van der Waals surface area contributed by atoms with Crippen LogP contribution in [0, 0.1) is 0 Å². The molecule has 0 bridgehead atoms. The molecule has 3 heteroatoms. The van der Waals surface area contributed by atoms with Crippen LogP contribution in [0.15, 0.2) is 0 Å². The average Bonchev–Trinajstić information content (AvgIpc) is 1.35. The Kier molecular flexibility index (Phi) is 3.24. The zero-order valence-electron chi connectivity index (χ0n) is 3.20. The quantitative estimate of drug-likeness (QED) is 0.258. The second-order valence-corrected chi connectivity index (χ2v) is 1.49. The van der Waals surface area contributed by atoms with Crippen LogP contribution in [0.4, 0.5) is 0 Å². The summed E-state index contributed by atoms with van der Waals surface area (Å²) in [6.45, 7) is 1.62. The zero-order valence-corrected chi connectivity index (χ0v) is 4.72. The highest BCUT2D eigenvalue weighted by Crippen LogP contribution is 1.79. The summed E-state index contributed by atoms with van der Waals surface area (Å²) in [6.07, 6.45) is 2.39. The van der Waals surface area contributed by atoms with Crippen LogP contribution in [-0.2, 0) is 0 Å². The maximum absolute atomic E-state index is 5.03. The maximum atomic E-state index is 5.03. The van der Waals surface area contributed by atoms with Crippen molar-refractivity contribution in [3.8, 4) is 0 Å². The van der Waals surface area contributed by atoms with E-state index >= 15 is 0 Å². The first-order valence-corrected chi connectivity index (χ1v) is 2.08. The zero-order chi connectivity index (χ0) is 4.99. The molecular weight excluding hydrogens is 121 g/mol. The average molecular weight is 124 g/mol. The topological polar surface area (TPSA) is 14.1 Å². The minimum Gasteiger partial charge on any atom is -0.257 e. The van der Waals surface area contributed by atoms with Crippen LogP contribution in [0.1, 0.15) is 6.92 Å². The van der Waals surface area contributed by atoms with Crippen molar-refractivity contribution < 1.29 is 0 Å². The van der Waals surface area contributed by atoms with E-state index < -0.39 is 0 Å². The standard InChI is InChI=1S/C3H3Cl2N/c1-2-6-3(4)5/h1H3. The molecule has 0 fully saturated rings. The number of nitrogens with zero attached hydrogens (tertiary/aromatic N) is 1. The minimum absolute atomic E-state index is 0.00231. The van der Waals surface area contributed by atoms with Crippen molar-refractivity contribution >= 4 is 34.0 Å². The van der Waals surface area contributed by atoms with Gasteiger partial charge < -0.3 is 0 Å². The fourth-order valence-corrected chi connectivity index (χ4v) is 0.254. The number of halogens is 2. The van der Waals surface area contributed by atoms with Gasteiger partial charge in [-0.25, -0.2) is 0 Å². The number of hydrogen-bond acceptors (Lipinski definition) is 0.